The van der Waals surface area contributed by atoms with E-state index in [0.29, 0.717) is 5.92 Å². The molecule has 3 unspecified atom stereocenters. The first-order valence-corrected chi connectivity index (χ1v) is 5.40. The molecule has 2 fully saturated rings. The predicted octanol–water partition coefficient (Wildman–Crippen LogP) is 1.83. The average molecular weight is 203 g/mol. The van der Waals surface area contributed by atoms with Gasteiger partial charge in [0, 0.05) is 17.8 Å². The first-order valence-electron chi connectivity index (χ1n) is 5.40. The van der Waals surface area contributed by atoms with Gasteiger partial charge in [0.1, 0.15) is 0 Å². The number of carboxylic acid groups (broad SMARTS) is 1. The summed E-state index contributed by atoms with van der Waals surface area (Å²) in [5.41, 5.74) is 1.06. The lowest BCUT2D eigenvalue weighted by molar-refractivity contribution is -0.139. The Balaban J connectivity index is 2.01. The van der Waals surface area contributed by atoms with Crippen molar-refractivity contribution in [1.29, 1.82) is 0 Å². The molecule has 2 aliphatic carbocycles. The quantitative estimate of drug-likeness (QED) is 0.797. The van der Waals surface area contributed by atoms with Gasteiger partial charge in [-0.3, -0.25) is 9.78 Å². The van der Waals surface area contributed by atoms with E-state index >= 15 is 0 Å². The molecular formula is C12H13NO2. The first-order chi connectivity index (χ1) is 7.27. The topological polar surface area (TPSA) is 50.2 Å². The third kappa shape index (κ3) is 1.01. The van der Waals surface area contributed by atoms with Gasteiger partial charge in [0.2, 0.25) is 0 Å². The average Bonchev–Trinajstić information content (AvgIpc) is 2.72. The van der Waals surface area contributed by atoms with Crippen LogP contribution in [0.25, 0.3) is 0 Å². The van der Waals surface area contributed by atoms with Crippen molar-refractivity contribution >= 4 is 5.97 Å². The minimum Gasteiger partial charge on any atom is -0.481 e. The number of fused-ring (bicyclic) bond motifs is 1. The molecule has 1 aromatic rings. The van der Waals surface area contributed by atoms with Gasteiger partial charge in [0.15, 0.2) is 0 Å². The van der Waals surface area contributed by atoms with Crippen molar-refractivity contribution in [2.45, 2.75) is 24.7 Å². The Morgan fingerprint density at radius 3 is 3.07 bits per heavy atom. The van der Waals surface area contributed by atoms with Gasteiger partial charge < -0.3 is 5.11 Å². The number of hydrogen-bond donors (Lipinski definition) is 1. The molecule has 0 saturated heterocycles. The third-order valence-electron chi connectivity index (χ3n) is 4.08. The maximum atomic E-state index is 11.1. The smallest absolute Gasteiger partial charge is 0.307 e. The van der Waals surface area contributed by atoms with Crippen LogP contribution in [-0.2, 0) is 10.2 Å². The molecule has 3 nitrogen and oxygen atoms in total. The number of aliphatic carboxylic acids is 1. The molecule has 0 radical (unpaired) electrons. The summed E-state index contributed by atoms with van der Waals surface area (Å²) >= 11 is 0. The van der Waals surface area contributed by atoms with Gasteiger partial charge in [-0.25, -0.2) is 0 Å². The van der Waals surface area contributed by atoms with E-state index in [2.05, 4.69) is 4.98 Å². The maximum absolute atomic E-state index is 11.1. The number of rotatable bonds is 2. The van der Waals surface area contributed by atoms with Crippen LogP contribution in [0.3, 0.4) is 0 Å². The van der Waals surface area contributed by atoms with Crippen LogP contribution in [0.1, 0.15) is 24.8 Å². The maximum Gasteiger partial charge on any atom is 0.307 e. The molecule has 3 rings (SSSR count). The molecule has 1 N–H and O–H groups in total. The second-order valence-corrected chi connectivity index (χ2v) is 4.60. The molecule has 1 heterocycles. The van der Waals surface area contributed by atoms with E-state index in [0.717, 1.165) is 24.8 Å². The standard InChI is InChI=1S/C12H13NO2/c14-11(15)10-9-4-1-5-12(9,10)8-3-2-6-13-7-8/h2-3,6-7,9-10H,1,4-5H2,(H,14,15). The monoisotopic (exact) mass is 203 g/mol. The summed E-state index contributed by atoms with van der Waals surface area (Å²) in [7, 11) is 0. The van der Waals surface area contributed by atoms with Crippen LogP contribution in [0.15, 0.2) is 24.5 Å². The van der Waals surface area contributed by atoms with Crippen LogP contribution in [0.2, 0.25) is 0 Å². The Morgan fingerprint density at radius 2 is 2.47 bits per heavy atom. The number of hydrogen-bond acceptors (Lipinski definition) is 2. The van der Waals surface area contributed by atoms with Gasteiger partial charge in [0.25, 0.3) is 0 Å². The predicted molar refractivity (Wildman–Crippen MR) is 54.4 cm³/mol. The van der Waals surface area contributed by atoms with Crippen molar-refractivity contribution < 1.29 is 9.90 Å². The number of pyridine rings is 1. The molecule has 0 amide bonds. The summed E-state index contributed by atoms with van der Waals surface area (Å²) < 4.78 is 0. The third-order valence-corrected chi connectivity index (χ3v) is 4.08. The van der Waals surface area contributed by atoms with Crippen molar-refractivity contribution in [3.05, 3.63) is 30.1 Å². The van der Waals surface area contributed by atoms with Gasteiger partial charge in [-0.2, -0.15) is 0 Å². The SMILES string of the molecule is O=C(O)C1C2CCCC21c1cccnc1. The fourth-order valence-electron chi connectivity index (χ4n) is 3.47. The van der Waals surface area contributed by atoms with E-state index in [1.807, 2.05) is 18.3 Å². The van der Waals surface area contributed by atoms with Gasteiger partial charge in [0.05, 0.1) is 5.92 Å². The Labute approximate surface area is 88.1 Å². The summed E-state index contributed by atoms with van der Waals surface area (Å²) in [6.07, 6.45) is 6.80. The van der Waals surface area contributed by atoms with Gasteiger partial charge in [-0.05, 0) is 30.4 Å². The molecule has 3 heteroatoms. The van der Waals surface area contributed by atoms with E-state index in [9.17, 15) is 4.79 Å². The van der Waals surface area contributed by atoms with Crippen molar-refractivity contribution in [3.63, 3.8) is 0 Å². The number of nitrogens with zero attached hydrogens (tertiary/aromatic N) is 1. The van der Waals surface area contributed by atoms with Crippen LogP contribution >= 0.6 is 0 Å². The molecule has 0 aromatic carbocycles. The first kappa shape index (κ1) is 8.89. The van der Waals surface area contributed by atoms with E-state index in [-0.39, 0.29) is 11.3 Å². The normalized spacial score (nSPS) is 37.3. The molecule has 0 aliphatic heterocycles. The zero-order valence-electron chi connectivity index (χ0n) is 8.39. The van der Waals surface area contributed by atoms with E-state index in [1.165, 1.54) is 0 Å². The highest BCUT2D eigenvalue weighted by Crippen LogP contribution is 2.68. The molecule has 15 heavy (non-hydrogen) atoms. The molecule has 3 atom stereocenters. The Morgan fingerprint density at radius 1 is 1.60 bits per heavy atom. The fourth-order valence-corrected chi connectivity index (χ4v) is 3.47. The van der Waals surface area contributed by atoms with Crippen LogP contribution in [0.4, 0.5) is 0 Å². The van der Waals surface area contributed by atoms with Gasteiger partial charge in [-0.15, -0.1) is 0 Å². The second-order valence-electron chi connectivity index (χ2n) is 4.60. The lowest BCUT2D eigenvalue weighted by Gasteiger charge is -2.12. The summed E-state index contributed by atoms with van der Waals surface area (Å²) in [4.78, 5) is 15.2. The van der Waals surface area contributed by atoms with Crippen molar-refractivity contribution in [3.8, 4) is 0 Å². The van der Waals surface area contributed by atoms with Crippen molar-refractivity contribution in [2.24, 2.45) is 11.8 Å². The largest absolute Gasteiger partial charge is 0.481 e. The number of carboxylic acids is 1. The summed E-state index contributed by atoms with van der Waals surface area (Å²) in [6.45, 7) is 0. The summed E-state index contributed by atoms with van der Waals surface area (Å²) in [6, 6.07) is 3.92. The molecule has 1 aromatic heterocycles. The molecular weight excluding hydrogens is 190 g/mol. The highest BCUT2D eigenvalue weighted by molar-refractivity contribution is 5.78. The minimum absolute atomic E-state index is 0.0694. The Bertz CT molecular complexity index is 403. The Kier molecular flexibility index (Phi) is 1.67. The molecule has 0 spiro atoms. The zero-order valence-corrected chi connectivity index (χ0v) is 8.39. The van der Waals surface area contributed by atoms with Crippen molar-refractivity contribution in [2.75, 3.05) is 0 Å². The molecule has 2 aliphatic rings. The van der Waals surface area contributed by atoms with E-state index in [4.69, 9.17) is 5.11 Å². The number of carbonyl (C=O) groups is 1. The van der Waals surface area contributed by atoms with Gasteiger partial charge >= 0.3 is 5.97 Å². The van der Waals surface area contributed by atoms with Crippen LogP contribution in [0.5, 0.6) is 0 Å². The highest BCUT2D eigenvalue weighted by Gasteiger charge is 2.70. The van der Waals surface area contributed by atoms with Crippen molar-refractivity contribution in [1.82, 2.24) is 4.98 Å². The minimum atomic E-state index is -0.636. The van der Waals surface area contributed by atoms with Crippen LogP contribution < -0.4 is 0 Å². The molecule has 78 valence electrons. The second kappa shape index (κ2) is 2.81. The number of aromatic nitrogens is 1. The Hall–Kier alpha value is -1.38. The highest BCUT2D eigenvalue weighted by atomic mass is 16.4. The van der Waals surface area contributed by atoms with E-state index < -0.39 is 5.97 Å². The fraction of sp³-hybridized carbons (Fsp3) is 0.500. The van der Waals surface area contributed by atoms with E-state index in [1.54, 1.807) is 6.20 Å². The molecule has 2 saturated carbocycles. The zero-order chi connectivity index (χ0) is 10.5. The van der Waals surface area contributed by atoms with Crippen LogP contribution in [0, 0.1) is 11.8 Å². The van der Waals surface area contributed by atoms with Gasteiger partial charge in [-0.1, -0.05) is 12.5 Å². The summed E-state index contributed by atoms with van der Waals surface area (Å²) in [5, 5.41) is 9.17. The lowest BCUT2D eigenvalue weighted by atomic mass is 9.92. The molecule has 0 bridgehead atoms. The summed E-state index contributed by atoms with van der Waals surface area (Å²) in [5.74, 6) is -0.432. The van der Waals surface area contributed by atoms with Crippen LogP contribution in [-0.4, -0.2) is 16.1 Å². The lowest BCUT2D eigenvalue weighted by Crippen LogP contribution is -2.14.